The molecule has 3 nitrogen and oxygen atoms in total. The van der Waals surface area contributed by atoms with Crippen LogP contribution in [0.3, 0.4) is 0 Å². The van der Waals surface area contributed by atoms with Crippen LogP contribution in [0.1, 0.15) is 12.0 Å². The average molecular weight is 335 g/mol. The predicted molar refractivity (Wildman–Crippen MR) is 82.5 cm³/mol. The molecule has 108 valence electrons. The van der Waals surface area contributed by atoms with Crippen molar-refractivity contribution in [3.05, 3.63) is 36.0 Å². The van der Waals surface area contributed by atoms with Crippen LogP contribution in [0.25, 0.3) is 10.9 Å². The molecule has 1 aromatic heterocycles. The number of nitrogens with zero attached hydrogens (tertiary/aromatic N) is 1. The summed E-state index contributed by atoms with van der Waals surface area (Å²) in [5.74, 6) is -0.833. The van der Waals surface area contributed by atoms with Gasteiger partial charge >= 0.3 is 5.97 Å². The molecule has 2 aromatic rings. The second-order valence-corrected chi connectivity index (χ2v) is 6.80. The van der Waals surface area contributed by atoms with E-state index in [0.29, 0.717) is 6.42 Å². The Morgan fingerprint density at radius 1 is 1.30 bits per heavy atom. The summed E-state index contributed by atoms with van der Waals surface area (Å²) in [7, 11) is 2.01. The standard InChI is InChI=1S/C14H14Cl3NO2/c1-18-9-10(11-6-2-3-7-12(11)18)5-4-8-20-13(19)14(15,16)17/h2-3,6-7,9H,4-5,8H2,1H3. The van der Waals surface area contributed by atoms with Gasteiger partial charge in [-0.15, -0.1) is 0 Å². The third kappa shape index (κ3) is 3.60. The highest BCUT2D eigenvalue weighted by molar-refractivity contribution is 6.75. The molecule has 0 aliphatic carbocycles. The Balaban J connectivity index is 1.92. The Kier molecular flexibility index (Phi) is 4.84. The van der Waals surface area contributed by atoms with Gasteiger partial charge in [-0.05, 0) is 24.5 Å². The maximum atomic E-state index is 11.3. The molecule has 20 heavy (non-hydrogen) atoms. The van der Waals surface area contributed by atoms with Crippen LogP contribution in [-0.2, 0) is 23.0 Å². The van der Waals surface area contributed by atoms with Gasteiger partial charge in [0.05, 0.1) is 6.61 Å². The van der Waals surface area contributed by atoms with Gasteiger partial charge in [-0.25, -0.2) is 4.79 Å². The number of carbonyl (C=O) groups is 1. The van der Waals surface area contributed by atoms with Crippen LogP contribution in [0.2, 0.25) is 0 Å². The molecule has 1 aromatic carbocycles. The van der Waals surface area contributed by atoms with Gasteiger partial charge in [0.1, 0.15) is 0 Å². The van der Waals surface area contributed by atoms with E-state index in [1.807, 2.05) is 19.2 Å². The monoisotopic (exact) mass is 333 g/mol. The molecular formula is C14H14Cl3NO2. The maximum Gasteiger partial charge on any atom is 0.358 e. The molecule has 6 heteroatoms. The number of carbonyl (C=O) groups excluding carboxylic acids is 1. The van der Waals surface area contributed by atoms with Gasteiger partial charge in [-0.3, -0.25) is 0 Å². The number of halogens is 3. The van der Waals surface area contributed by atoms with E-state index in [1.165, 1.54) is 16.5 Å². The quantitative estimate of drug-likeness (QED) is 0.480. The lowest BCUT2D eigenvalue weighted by Crippen LogP contribution is -2.22. The SMILES string of the molecule is Cn1cc(CCCOC(=O)C(Cl)(Cl)Cl)c2ccccc21. The second-order valence-electron chi connectivity index (χ2n) is 4.52. The highest BCUT2D eigenvalue weighted by atomic mass is 35.6. The van der Waals surface area contributed by atoms with E-state index in [0.717, 1.165) is 6.42 Å². The number of benzene rings is 1. The number of aryl methyl sites for hydroxylation is 2. The molecule has 0 saturated heterocycles. The van der Waals surface area contributed by atoms with Crippen LogP contribution >= 0.6 is 34.8 Å². The molecule has 0 bridgehead atoms. The summed E-state index contributed by atoms with van der Waals surface area (Å²) < 4.78 is 4.99. The summed E-state index contributed by atoms with van der Waals surface area (Å²) in [5.41, 5.74) is 2.40. The molecule has 0 saturated carbocycles. The number of fused-ring (bicyclic) bond motifs is 1. The van der Waals surface area contributed by atoms with Crippen molar-refractivity contribution in [3.63, 3.8) is 0 Å². The molecule has 0 amide bonds. The summed E-state index contributed by atoms with van der Waals surface area (Å²) in [6.45, 7) is 0.232. The Morgan fingerprint density at radius 2 is 2.00 bits per heavy atom. The van der Waals surface area contributed by atoms with Crippen molar-refractivity contribution in [3.8, 4) is 0 Å². The Hall–Kier alpha value is -0.900. The first kappa shape index (κ1) is 15.5. The molecule has 2 rings (SSSR count). The zero-order valence-electron chi connectivity index (χ0n) is 10.9. The van der Waals surface area contributed by atoms with Crippen LogP contribution in [0.5, 0.6) is 0 Å². The molecule has 0 aliphatic heterocycles. The topological polar surface area (TPSA) is 31.2 Å². The fourth-order valence-corrected chi connectivity index (χ4v) is 2.30. The van der Waals surface area contributed by atoms with E-state index in [1.54, 1.807) is 0 Å². The lowest BCUT2D eigenvalue weighted by molar-refractivity contribution is -0.142. The minimum Gasteiger partial charge on any atom is -0.463 e. The number of alkyl halides is 3. The Labute approximate surface area is 132 Å². The summed E-state index contributed by atoms with van der Waals surface area (Å²) in [6.07, 6.45) is 3.57. The van der Waals surface area contributed by atoms with Crippen molar-refractivity contribution in [1.29, 1.82) is 0 Å². The summed E-state index contributed by atoms with van der Waals surface area (Å²) >= 11 is 16.2. The van der Waals surface area contributed by atoms with Gasteiger partial charge in [0.2, 0.25) is 0 Å². The van der Waals surface area contributed by atoms with Crippen molar-refractivity contribution in [2.24, 2.45) is 7.05 Å². The van der Waals surface area contributed by atoms with E-state index in [-0.39, 0.29) is 6.61 Å². The van der Waals surface area contributed by atoms with E-state index >= 15 is 0 Å². The summed E-state index contributed by atoms with van der Waals surface area (Å²) in [5, 5.41) is 1.21. The largest absolute Gasteiger partial charge is 0.463 e. The molecular weight excluding hydrogens is 321 g/mol. The molecule has 0 fully saturated rings. The lowest BCUT2D eigenvalue weighted by atomic mass is 10.1. The van der Waals surface area contributed by atoms with Crippen LogP contribution in [0.4, 0.5) is 0 Å². The number of ether oxygens (including phenoxy) is 1. The number of para-hydroxylation sites is 1. The third-order valence-corrected chi connectivity index (χ3v) is 3.50. The fraction of sp³-hybridized carbons (Fsp3) is 0.357. The number of esters is 1. The second kappa shape index (κ2) is 6.25. The van der Waals surface area contributed by atoms with Gasteiger partial charge in [-0.1, -0.05) is 53.0 Å². The van der Waals surface area contributed by atoms with E-state index in [4.69, 9.17) is 39.5 Å². The van der Waals surface area contributed by atoms with Gasteiger partial charge in [0, 0.05) is 24.1 Å². The molecule has 0 aliphatic rings. The maximum absolute atomic E-state index is 11.3. The Morgan fingerprint density at radius 3 is 2.70 bits per heavy atom. The van der Waals surface area contributed by atoms with Crippen LogP contribution in [-0.4, -0.2) is 20.9 Å². The number of hydrogen-bond acceptors (Lipinski definition) is 2. The summed E-state index contributed by atoms with van der Waals surface area (Å²) in [4.78, 5) is 11.3. The van der Waals surface area contributed by atoms with Gasteiger partial charge in [-0.2, -0.15) is 0 Å². The zero-order valence-corrected chi connectivity index (χ0v) is 13.2. The molecule has 0 unspecified atom stereocenters. The zero-order chi connectivity index (χ0) is 14.8. The molecule has 0 spiro atoms. The van der Waals surface area contributed by atoms with Gasteiger partial charge in [0.25, 0.3) is 3.79 Å². The minimum atomic E-state index is -2.00. The number of rotatable bonds is 4. The van der Waals surface area contributed by atoms with Crippen molar-refractivity contribution in [2.45, 2.75) is 16.6 Å². The first-order chi connectivity index (χ1) is 9.39. The highest BCUT2D eigenvalue weighted by Crippen LogP contribution is 2.27. The highest BCUT2D eigenvalue weighted by Gasteiger charge is 2.32. The van der Waals surface area contributed by atoms with E-state index in [2.05, 4.69) is 22.9 Å². The molecule has 0 N–H and O–H groups in total. The average Bonchev–Trinajstić information content (AvgIpc) is 2.71. The molecule has 1 heterocycles. The summed E-state index contributed by atoms with van der Waals surface area (Å²) in [6, 6.07) is 8.17. The van der Waals surface area contributed by atoms with Gasteiger partial charge < -0.3 is 9.30 Å². The molecule has 0 atom stereocenters. The third-order valence-electron chi connectivity index (χ3n) is 3.03. The predicted octanol–water partition coefficient (Wildman–Crippen LogP) is 4.02. The first-order valence-corrected chi connectivity index (χ1v) is 7.30. The van der Waals surface area contributed by atoms with Crippen molar-refractivity contribution >= 4 is 51.7 Å². The Bertz CT molecular complexity index is 616. The van der Waals surface area contributed by atoms with Crippen molar-refractivity contribution in [1.82, 2.24) is 4.57 Å². The van der Waals surface area contributed by atoms with Gasteiger partial charge in [0.15, 0.2) is 0 Å². The van der Waals surface area contributed by atoms with Crippen LogP contribution in [0.15, 0.2) is 30.5 Å². The van der Waals surface area contributed by atoms with Crippen molar-refractivity contribution < 1.29 is 9.53 Å². The number of hydrogen-bond donors (Lipinski definition) is 0. The van der Waals surface area contributed by atoms with Crippen LogP contribution in [0, 0.1) is 0 Å². The first-order valence-electron chi connectivity index (χ1n) is 6.16. The normalized spacial score (nSPS) is 11.8. The smallest absolute Gasteiger partial charge is 0.358 e. The minimum absolute atomic E-state index is 0.232. The number of aromatic nitrogens is 1. The molecule has 0 radical (unpaired) electrons. The van der Waals surface area contributed by atoms with E-state index < -0.39 is 9.76 Å². The lowest BCUT2D eigenvalue weighted by Gasteiger charge is -2.10. The van der Waals surface area contributed by atoms with Crippen LogP contribution < -0.4 is 0 Å². The van der Waals surface area contributed by atoms with E-state index in [9.17, 15) is 4.79 Å². The fourth-order valence-electron chi connectivity index (χ4n) is 2.13. The van der Waals surface area contributed by atoms with Crippen molar-refractivity contribution in [2.75, 3.05) is 6.61 Å².